The fourth-order valence-electron chi connectivity index (χ4n) is 3.53. The number of halogens is 1. The van der Waals surface area contributed by atoms with Crippen LogP contribution in [-0.4, -0.2) is 51.4 Å². The number of carboxylic acids is 1. The highest BCUT2D eigenvalue weighted by Crippen LogP contribution is 2.29. The number of aliphatic carboxylic acids is 1. The maximum atomic E-state index is 13.9. The van der Waals surface area contributed by atoms with E-state index in [-0.39, 0.29) is 27.8 Å². The first kappa shape index (κ1) is 26.6. The van der Waals surface area contributed by atoms with Gasteiger partial charge in [-0.1, -0.05) is 12.1 Å². The molecule has 38 heavy (non-hydrogen) atoms. The van der Waals surface area contributed by atoms with E-state index in [4.69, 9.17) is 9.84 Å². The average Bonchev–Trinajstić information content (AvgIpc) is 3.35. The summed E-state index contributed by atoms with van der Waals surface area (Å²) in [7, 11) is -0.335. The SMILES string of the molecule is Cc1ccc(F)c(NC(=O)Nc2ccc(Oc3ccnc(C4=CCS(CC(=O)NCC(=O)O)=C4)c3)cc2)c1. The van der Waals surface area contributed by atoms with Gasteiger partial charge in [-0.3, -0.25) is 14.6 Å². The molecule has 1 unspecified atom stereocenters. The van der Waals surface area contributed by atoms with Gasteiger partial charge < -0.3 is 25.8 Å². The van der Waals surface area contributed by atoms with Gasteiger partial charge in [0.05, 0.1) is 17.1 Å². The third-order valence-electron chi connectivity index (χ3n) is 5.31. The second kappa shape index (κ2) is 12.2. The van der Waals surface area contributed by atoms with Gasteiger partial charge in [-0.25, -0.2) is 9.18 Å². The number of aromatic nitrogens is 1. The van der Waals surface area contributed by atoms with E-state index in [1.807, 2.05) is 11.4 Å². The van der Waals surface area contributed by atoms with Crippen LogP contribution in [0.25, 0.3) is 5.57 Å². The molecule has 1 aliphatic rings. The molecule has 0 radical (unpaired) electrons. The van der Waals surface area contributed by atoms with E-state index < -0.39 is 24.4 Å². The van der Waals surface area contributed by atoms with Crippen LogP contribution in [0, 0.1) is 12.7 Å². The number of carboxylic acid groups (broad SMARTS) is 1. The maximum Gasteiger partial charge on any atom is 0.323 e. The third-order valence-corrected chi connectivity index (χ3v) is 7.12. The molecule has 0 saturated carbocycles. The molecule has 0 aliphatic carbocycles. The van der Waals surface area contributed by atoms with Crippen molar-refractivity contribution in [3.8, 4) is 11.5 Å². The number of ether oxygens (including phenoxy) is 1. The number of allylic oxidation sites excluding steroid dienone is 1. The largest absolute Gasteiger partial charge is 0.480 e. The van der Waals surface area contributed by atoms with Gasteiger partial charge in [-0.05, 0) is 60.3 Å². The van der Waals surface area contributed by atoms with Gasteiger partial charge in [0.1, 0.15) is 23.9 Å². The Bertz CT molecular complexity index is 1440. The smallest absolute Gasteiger partial charge is 0.323 e. The highest BCUT2D eigenvalue weighted by atomic mass is 32.2. The summed E-state index contributed by atoms with van der Waals surface area (Å²) < 4.78 is 19.8. The molecule has 3 aromatic rings. The number of pyridine rings is 1. The molecule has 4 N–H and O–H groups in total. The third kappa shape index (κ3) is 7.50. The average molecular weight is 537 g/mol. The van der Waals surface area contributed by atoms with Crippen molar-refractivity contribution < 1.29 is 28.6 Å². The zero-order valence-electron chi connectivity index (χ0n) is 20.4. The van der Waals surface area contributed by atoms with E-state index in [0.29, 0.717) is 28.6 Å². The van der Waals surface area contributed by atoms with E-state index >= 15 is 0 Å². The molecular formula is C27H25FN4O5S. The lowest BCUT2D eigenvalue weighted by atomic mass is 10.2. The lowest BCUT2D eigenvalue weighted by molar-refractivity contribution is -0.137. The van der Waals surface area contributed by atoms with Crippen molar-refractivity contribution in [2.24, 2.45) is 0 Å². The summed E-state index contributed by atoms with van der Waals surface area (Å²) >= 11 is 0. The van der Waals surface area contributed by atoms with Gasteiger partial charge >= 0.3 is 12.0 Å². The normalized spacial score (nSPS) is 14.2. The molecule has 1 aromatic heterocycles. The van der Waals surface area contributed by atoms with Gasteiger partial charge in [-0.2, -0.15) is 10.5 Å². The number of nitrogens with zero attached hydrogens (tertiary/aromatic N) is 1. The number of anilines is 2. The highest BCUT2D eigenvalue weighted by Gasteiger charge is 2.14. The minimum absolute atomic E-state index is 0.0962. The Morgan fingerprint density at radius 1 is 1.05 bits per heavy atom. The van der Waals surface area contributed by atoms with Crippen LogP contribution in [-0.2, 0) is 9.59 Å². The van der Waals surface area contributed by atoms with E-state index in [9.17, 15) is 18.8 Å². The first-order valence-corrected chi connectivity index (χ1v) is 13.2. The van der Waals surface area contributed by atoms with E-state index in [1.54, 1.807) is 61.7 Å². The molecule has 9 nitrogen and oxygen atoms in total. The van der Waals surface area contributed by atoms with E-state index in [1.165, 1.54) is 6.07 Å². The fraction of sp³-hybridized carbons (Fsp3) is 0.148. The number of hydrogen-bond donors (Lipinski definition) is 4. The Morgan fingerprint density at radius 3 is 2.61 bits per heavy atom. The molecule has 0 spiro atoms. The lowest BCUT2D eigenvalue weighted by Crippen LogP contribution is -2.31. The number of hydrogen-bond acceptors (Lipinski definition) is 5. The van der Waals surface area contributed by atoms with Crippen molar-refractivity contribution >= 4 is 50.7 Å². The zero-order chi connectivity index (χ0) is 27.1. The molecule has 4 rings (SSSR count). The highest BCUT2D eigenvalue weighted by molar-refractivity contribution is 8.16. The number of amides is 3. The molecule has 0 bridgehead atoms. The monoisotopic (exact) mass is 536 g/mol. The summed E-state index contributed by atoms with van der Waals surface area (Å²) in [5, 5.41) is 18.2. The van der Waals surface area contributed by atoms with Crippen LogP contribution in [0.15, 0.2) is 66.9 Å². The van der Waals surface area contributed by atoms with Gasteiger partial charge in [0, 0.05) is 29.3 Å². The van der Waals surface area contributed by atoms with Gasteiger partial charge in [0.2, 0.25) is 5.91 Å². The van der Waals surface area contributed by atoms with Crippen LogP contribution in [0.3, 0.4) is 0 Å². The van der Waals surface area contributed by atoms with Crippen molar-refractivity contribution in [3.63, 3.8) is 0 Å². The Morgan fingerprint density at radius 2 is 1.84 bits per heavy atom. The quantitative estimate of drug-likeness (QED) is 0.295. The summed E-state index contributed by atoms with van der Waals surface area (Å²) in [6, 6.07) is 14.1. The number of aryl methyl sites for hydroxylation is 1. The molecule has 196 valence electrons. The van der Waals surface area contributed by atoms with Crippen LogP contribution in [0.4, 0.5) is 20.6 Å². The molecule has 0 fully saturated rings. The Balaban J connectivity index is 1.33. The number of benzene rings is 2. The Kier molecular flexibility index (Phi) is 8.49. The van der Waals surface area contributed by atoms with E-state index in [2.05, 4.69) is 20.9 Å². The number of carbonyl (C=O) groups excluding carboxylic acids is 2. The Labute approximate surface area is 220 Å². The van der Waals surface area contributed by atoms with Crippen molar-refractivity contribution in [1.82, 2.24) is 10.3 Å². The van der Waals surface area contributed by atoms with Crippen LogP contribution in [0.1, 0.15) is 11.3 Å². The summed E-state index contributed by atoms with van der Waals surface area (Å²) in [5.74, 6) is 0.103. The molecule has 1 aliphatic heterocycles. The first-order valence-electron chi connectivity index (χ1n) is 11.5. The number of carbonyl (C=O) groups is 3. The summed E-state index contributed by atoms with van der Waals surface area (Å²) in [6.07, 6.45) is 3.62. The summed E-state index contributed by atoms with van der Waals surface area (Å²) in [4.78, 5) is 39.1. The molecule has 2 heterocycles. The minimum atomic E-state index is -1.08. The van der Waals surface area contributed by atoms with Crippen LogP contribution < -0.4 is 20.7 Å². The summed E-state index contributed by atoms with van der Waals surface area (Å²) in [6.45, 7) is 1.41. The second-order valence-electron chi connectivity index (χ2n) is 8.36. The number of nitrogens with one attached hydrogen (secondary N) is 3. The number of rotatable bonds is 9. The number of urea groups is 1. The van der Waals surface area contributed by atoms with Crippen molar-refractivity contribution in [1.29, 1.82) is 0 Å². The molecule has 2 aromatic carbocycles. The predicted octanol–water partition coefficient (Wildman–Crippen LogP) is 4.63. The first-order chi connectivity index (χ1) is 18.2. The zero-order valence-corrected chi connectivity index (χ0v) is 21.2. The molecule has 1 atom stereocenters. The fourth-order valence-corrected chi connectivity index (χ4v) is 5.23. The van der Waals surface area contributed by atoms with Crippen molar-refractivity contribution in [2.75, 3.05) is 28.7 Å². The molecule has 0 saturated heterocycles. The molecular weight excluding hydrogens is 511 g/mol. The second-order valence-corrected chi connectivity index (χ2v) is 10.3. The molecule has 11 heteroatoms. The van der Waals surface area contributed by atoms with E-state index in [0.717, 1.165) is 11.1 Å². The van der Waals surface area contributed by atoms with Gasteiger partial charge in [-0.15, -0.1) is 0 Å². The standard InChI is InChI=1S/C27H25FN4O5S/c1-17-2-7-22(28)24(12-17)32-27(36)31-19-3-5-20(6-4-19)37-21-8-10-29-23(13-21)18-9-11-38(15-18)16-25(33)30-14-26(34)35/h2-10,12-13,15H,11,14,16H2,1H3,(H,30,33)(H,34,35)(H2,31,32,36). The van der Waals surface area contributed by atoms with Crippen LogP contribution in [0.5, 0.6) is 11.5 Å². The topological polar surface area (TPSA) is 130 Å². The summed E-state index contributed by atoms with van der Waals surface area (Å²) in [5.41, 5.74) is 3.01. The van der Waals surface area contributed by atoms with Gasteiger partial charge in [0.25, 0.3) is 0 Å². The van der Waals surface area contributed by atoms with Gasteiger partial charge in [0.15, 0.2) is 0 Å². The van der Waals surface area contributed by atoms with Crippen molar-refractivity contribution in [3.05, 3.63) is 83.9 Å². The predicted molar refractivity (Wildman–Crippen MR) is 147 cm³/mol. The maximum absolute atomic E-state index is 13.9. The Hall–Kier alpha value is -4.51. The lowest BCUT2D eigenvalue weighted by Gasteiger charge is -2.11. The molecule has 3 amide bonds. The van der Waals surface area contributed by atoms with Crippen LogP contribution >= 0.6 is 10.5 Å². The minimum Gasteiger partial charge on any atom is -0.480 e. The van der Waals surface area contributed by atoms with Crippen LogP contribution in [0.2, 0.25) is 0 Å². The van der Waals surface area contributed by atoms with Crippen molar-refractivity contribution in [2.45, 2.75) is 6.92 Å².